The minimum Gasteiger partial charge on any atom is -0.279 e. The van der Waals surface area contributed by atoms with E-state index in [9.17, 15) is 16.8 Å². The molecule has 1 fully saturated rings. The first-order valence-corrected chi connectivity index (χ1v) is 11.5. The molecule has 0 aromatic heterocycles. The fourth-order valence-corrected chi connectivity index (χ4v) is 5.88. The molecule has 1 saturated heterocycles. The van der Waals surface area contributed by atoms with Crippen molar-refractivity contribution in [1.82, 2.24) is 0 Å². The van der Waals surface area contributed by atoms with E-state index in [1.165, 1.54) is 16.4 Å². The summed E-state index contributed by atoms with van der Waals surface area (Å²) in [7, 11) is -7.07. The fraction of sp³-hybridized carbons (Fsp3) is 0.333. The zero-order valence-corrected chi connectivity index (χ0v) is 16.4. The van der Waals surface area contributed by atoms with Crippen molar-refractivity contribution in [2.24, 2.45) is 0 Å². The third-order valence-electron chi connectivity index (χ3n) is 4.50. The number of hydrogen-bond acceptors (Lipinski definition) is 4. The Morgan fingerprint density at radius 1 is 0.962 bits per heavy atom. The van der Waals surface area contributed by atoms with Gasteiger partial charge in [-0.1, -0.05) is 18.2 Å². The van der Waals surface area contributed by atoms with E-state index in [1.54, 1.807) is 12.1 Å². The van der Waals surface area contributed by atoms with Crippen LogP contribution in [0, 0.1) is 13.8 Å². The second-order valence-electron chi connectivity index (χ2n) is 6.46. The van der Waals surface area contributed by atoms with Crippen molar-refractivity contribution in [2.45, 2.75) is 31.6 Å². The van der Waals surface area contributed by atoms with Gasteiger partial charge in [0.2, 0.25) is 10.0 Å². The number of hydrogen-bond donors (Lipinski definition) is 1. The number of para-hydroxylation sites is 1. The van der Waals surface area contributed by atoms with E-state index in [0.717, 1.165) is 17.5 Å². The number of nitrogens with one attached hydrogen (secondary N) is 1. The molecule has 1 heterocycles. The maximum atomic E-state index is 12.7. The van der Waals surface area contributed by atoms with Crippen LogP contribution < -0.4 is 9.03 Å². The normalized spacial score (nSPS) is 17.1. The fourth-order valence-electron chi connectivity index (χ4n) is 3.04. The first kappa shape index (κ1) is 18.7. The monoisotopic (exact) mass is 394 g/mol. The molecule has 0 spiro atoms. The van der Waals surface area contributed by atoms with Crippen LogP contribution in [0.15, 0.2) is 47.4 Å². The summed E-state index contributed by atoms with van der Waals surface area (Å²) in [5.74, 6) is 0.126. The number of sulfonamides is 2. The summed E-state index contributed by atoms with van der Waals surface area (Å²) in [6.45, 7) is 4.11. The second-order valence-corrected chi connectivity index (χ2v) is 10.2. The topological polar surface area (TPSA) is 83.6 Å². The SMILES string of the molecule is Cc1cccc(C)c1NS(=O)(=O)c1ccc(N2CCCCS2(=O)=O)cc1. The van der Waals surface area contributed by atoms with Crippen LogP contribution in [0.1, 0.15) is 24.0 Å². The van der Waals surface area contributed by atoms with Crippen molar-refractivity contribution in [2.75, 3.05) is 21.3 Å². The summed E-state index contributed by atoms with van der Waals surface area (Å²) < 4.78 is 53.7. The Labute approximate surface area is 155 Å². The van der Waals surface area contributed by atoms with E-state index in [2.05, 4.69) is 4.72 Å². The van der Waals surface area contributed by atoms with Crippen LogP contribution in [0.2, 0.25) is 0 Å². The van der Waals surface area contributed by atoms with Gasteiger partial charge in [-0.2, -0.15) is 0 Å². The molecule has 0 bridgehead atoms. The van der Waals surface area contributed by atoms with Crippen LogP contribution in [0.25, 0.3) is 0 Å². The first-order chi connectivity index (χ1) is 12.2. The standard InChI is InChI=1S/C18H22N2O4S2/c1-14-6-5-7-15(2)18(14)19-26(23,24)17-10-8-16(9-11-17)20-12-3-4-13-25(20,21)22/h5-11,19H,3-4,12-13H2,1-2H3. The first-order valence-electron chi connectivity index (χ1n) is 8.40. The minimum atomic E-state index is -3.75. The average molecular weight is 395 g/mol. The highest BCUT2D eigenvalue weighted by molar-refractivity contribution is 7.93. The largest absolute Gasteiger partial charge is 0.279 e. The maximum absolute atomic E-state index is 12.7. The lowest BCUT2D eigenvalue weighted by Gasteiger charge is -2.28. The maximum Gasteiger partial charge on any atom is 0.261 e. The predicted molar refractivity (Wildman–Crippen MR) is 104 cm³/mol. The Balaban J connectivity index is 1.88. The van der Waals surface area contributed by atoms with Gasteiger partial charge in [0.15, 0.2) is 0 Å². The molecule has 0 radical (unpaired) electrons. The summed E-state index contributed by atoms with van der Waals surface area (Å²) in [6.07, 6.45) is 1.46. The van der Waals surface area contributed by atoms with Crippen molar-refractivity contribution >= 4 is 31.4 Å². The van der Waals surface area contributed by atoms with Crippen molar-refractivity contribution in [1.29, 1.82) is 0 Å². The molecule has 8 heteroatoms. The minimum absolute atomic E-state index is 0.0957. The lowest BCUT2D eigenvalue weighted by atomic mass is 10.1. The lowest BCUT2D eigenvalue weighted by molar-refractivity contribution is 0.574. The molecule has 0 aliphatic carbocycles. The van der Waals surface area contributed by atoms with Gasteiger partial charge >= 0.3 is 0 Å². The molecule has 1 aliphatic heterocycles. The van der Waals surface area contributed by atoms with Crippen molar-refractivity contribution in [3.05, 3.63) is 53.6 Å². The van der Waals surface area contributed by atoms with E-state index in [1.807, 2.05) is 32.0 Å². The number of benzene rings is 2. The Bertz CT molecular complexity index is 993. The van der Waals surface area contributed by atoms with Gasteiger partial charge in [-0.05, 0) is 62.1 Å². The molecule has 140 valence electrons. The zero-order chi connectivity index (χ0) is 18.9. The Kier molecular flexibility index (Phi) is 4.98. The van der Waals surface area contributed by atoms with Crippen LogP contribution in [0.4, 0.5) is 11.4 Å². The Morgan fingerprint density at radius 2 is 1.58 bits per heavy atom. The van der Waals surface area contributed by atoms with Crippen molar-refractivity contribution in [3.63, 3.8) is 0 Å². The van der Waals surface area contributed by atoms with Gasteiger partial charge < -0.3 is 0 Å². The zero-order valence-electron chi connectivity index (χ0n) is 14.8. The highest BCUT2D eigenvalue weighted by Gasteiger charge is 2.26. The third-order valence-corrected chi connectivity index (χ3v) is 7.74. The lowest BCUT2D eigenvalue weighted by Crippen LogP contribution is -2.37. The highest BCUT2D eigenvalue weighted by Crippen LogP contribution is 2.27. The van der Waals surface area contributed by atoms with E-state index in [0.29, 0.717) is 24.3 Å². The van der Waals surface area contributed by atoms with Crippen LogP contribution in [-0.4, -0.2) is 29.1 Å². The van der Waals surface area contributed by atoms with Crippen LogP contribution in [0.5, 0.6) is 0 Å². The summed E-state index contributed by atoms with van der Waals surface area (Å²) in [5, 5.41) is 0. The van der Waals surface area contributed by atoms with Crippen LogP contribution in [0.3, 0.4) is 0 Å². The predicted octanol–water partition coefficient (Wildman–Crippen LogP) is 3.03. The van der Waals surface area contributed by atoms with Gasteiger partial charge in [0, 0.05) is 6.54 Å². The molecule has 0 saturated carbocycles. The number of anilines is 2. The summed E-state index contributed by atoms with van der Waals surface area (Å²) in [6, 6.07) is 11.5. The Morgan fingerprint density at radius 3 is 2.15 bits per heavy atom. The van der Waals surface area contributed by atoms with Gasteiger partial charge in [-0.15, -0.1) is 0 Å². The summed E-state index contributed by atoms with van der Waals surface area (Å²) in [5.41, 5.74) is 2.74. The molecule has 26 heavy (non-hydrogen) atoms. The van der Waals surface area contributed by atoms with Gasteiger partial charge in [0.25, 0.3) is 10.0 Å². The smallest absolute Gasteiger partial charge is 0.261 e. The van der Waals surface area contributed by atoms with Crippen molar-refractivity contribution in [3.8, 4) is 0 Å². The molecule has 0 unspecified atom stereocenters. The summed E-state index contributed by atoms with van der Waals surface area (Å²) >= 11 is 0. The summed E-state index contributed by atoms with van der Waals surface area (Å²) in [4.78, 5) is 0.0957. The van der Waals surface area contributed by atoms with E-state index in [4.69, 9.17) is 0 Å². The molecule has 0 atom stereocenters. The van der Waals surface area contributed by atoms with Gasteiger partial charge in [0.05, 0.1) is 22.0 Å². The van der Waals surface area contributed by atoms with Gasteiger partial charge in [-0.3, -0.25) is 9.03 Å². The Hall–Kier alpha value is -2.06. The van der Waals surface area contributed by atoms with Crippen LogP contribution >= 0.6 is 0 Å². The average Bonchev–Trinajstić information content (AvgIpc) is 2.58. The molecule has 2 aromatic carbocycles. The molecule has 6 nitrogen and oxygen atoms in total. The third kappa shape index (κ3) is 3.71. The molecule has 1 N–H and O–H groups in total. The molecule has 3 rings (SSSR count). The van der Waals surface area contributed by atoms with E-state index >= 15 is 0 Å². The highest BCUT2D eigenvalue weighted by atomic mass is 32.2. The van der Waals surface area contributed by atoms with Gasteiger partial charge in [0.1, 0.15) is 0 Å². The van der Waals surface area contributed by atoms with Crippen molar-refractivity contribution < 1.29 is 16.8 Å². The van der Waals surface area contributed by atoms with Crippen LogP contribution in [-0.2, 0) is 20.0 Å². The van der Waals surface area contributed by atoms with E-state index < -0.39 is 20.0 Å². The molecular weight excluding hydrogens is 372 g/mol. The van der Waals surface area contributed by atoms with Gasteiger partial charge in [-0.25, -0.2) is 16.8 Å². The number of rotatable bonds is 4. The molecular formula is C18H22N2O4S2. The second kappa shape index (κ2) is 6.92. The van der Waals surface area contributed by atoms with E-state index in [-0.39, 0.29) is 10.6 Å². The number of nitrogens with zero attached hydrogens (tertiary/aromatic N) is 1. The quantitative estimate of drug-likeness (QED) is 0.864. The molecule has 1 aliphatic rings. The molecule has 2 aromatic rings. The number of aryl methyl sites for hydroxylation is 2. The molecule has 0 amide bonds.